The number of nitrogens with zero attached hydrogens (tertiary/aromatic N) is 4. The number of rotatable bonds is 4. The summed E-state index contributed by atoms with van der Waals surface area (Å²) in [6, 6.07) is 10.2. The Kier molecular flexibility index (Phi) is 4.92. The number of benzene rings is 1. The summed E-state index contributed by atoms with van der Waals surface area (Å²) in [6.07, 6.45) is 8.05. The molecular weight excluding hydrogens is 336 g/mol. The number of para-hydroxylation sites is 1. The molecule has 0 N–H and O–H groups in total. The van der Waals surface area contributed by atoms with Crippen LogP contribution in [0.5, 0.6) is 0 Å². The maximum Gasteiger partial charge on any atom is 0.254 e. The molecule has 0 spiro atoms. The Labute approximate surface area is 160 Å². The van der Waals surface area contributed by atoms with Gasteiger partial charge in [0.25, 0.3) is 5.91 Å². The molecule has 2 aromatic heterocycles. The van der Waals surface area contributed by atoms with E-state index in [1.165, 1.54) is 6.42 Å². The van der Waals surface area contributed by atoms with Gasteiger partial charge < -0.3 is 4.90 Å². The fraction of sp³-hybridized carbons (Fsp3) is 0.409. The highest BCUT2D eigenvalue weighted by molar-refractivity contribution is 6.07. The number of aromatic nitrogens is 3. The van der Waals surface area contributed by atoms with Crippen LogP contribution in [0.15, 0.2) is 42.7 Å². The molecule has 140 valence electrons. The van der Waals surface area contributed by atoms with Gasteiger partial charge >= 0.3 is 0 Å². The normalized spacial score (nSPS) is 17.4. The molecule has 1 aliphatic heterocycles. The summed E-state index contributed by atoms with van der Waals surface area (Å²) in [5.41, 5.74) is 3.72. The summed E-state index contributed by atoms with van der Waals surface area (Å²) in [5, 5.41) is 5.26. The van der Waals surface area contributed by atoms with Crippen LogP contribution in [0, 0.1) is 13.8 Å². The van der Waals surface area contributed by atoms with Crippen molar-refractivity contribution in [3.8, 4) is 0 Å². The molecule has 5 nitrogen and oxygen atoms in total. The van der Waals surface area contributed by atoms with Crippen LogP contribution in [-0.4, -0.2) is 38.2 Å². The van der Waals surface area contributed by atoms with E-state index >= 15 is 0 Å². The summed E-state index contributed by atoms with van der Waals surface area (Å²) in [7, 11) is 0. The number of pyridine rings is 1. The second kappa shape index (κ2) is 7.51. The zero-order valence-electron chi connectivity index (χ0n) is 16.1. The molecule has 1 fully saturated rings. The van der Waals surface area contributed by atoms with Crippen LogP contribution in [0.2, 0.25) is 0 Å². The van der Waals surface area contributed by atoms with Crippen LogP contribution in [-0.2, 0) is 6.54 Å². The average Bonchev–Trinajstić information content (AvgIpc) is 3.20. The highest BCUT2D eigenvalue weighted by atomic mass is 16.2. The predicted octanol–water partition coefficient (Wildman–Crippen LogP) is 4.13. The van der Waals surface area contributed by atoms with Crippen molar-refractivity contribution in [3.63, 3.8) is 0 Å². The number of hydrogen-bond acceptors (Lipinski definition) is 3. The number of aryl methyl sites for hydroxylation is 3. The van der Waals surface area contributed by atoms with Crippen molar-refractivity contribution in [2.45, 2.75) is 52.1 Å². The molecule has 1 aliphatic rings. The van der Waals surface area contributed by atoms with Crippen molar-refractivity contribution < 1.29 is 4.79 Å². The zero-order chi connectivity index (χ0) is 18.8. The molecule has 0 saturated carbocycles. The van der Waals surface area contributed by atoms with Crippen LogP contribution in [0.4, 0.5) is 0 Å². The van der Waals surface area contributed by atoms with Crippen LogP contribution in [0.25, 0.3) is 10.9 Å². The molecule has 5 heteroatoms. The van der Waals surface area contributed by atoms with E-state index in [1.54, 1.807) is 6.20 Å². The molecule has 4 rings (SSSR count). The molecule has 3 aromatic rings. The molecule has 0 bridgehead atoms. The minimum atomic E-state index is 0.140. The van der Waals surface area contributed by atoms with E-state index in [0.29, 0.717) is 0 Å². The Morgan fingerprint density at radius 1 is 1.22 bits per heavy atom. The van der Waals surface area contributed by atoms with E-state index in [-0.39, 0.29) is 11.9 Å². The lowest BCUT2D eigenvalue weighted by molar-refractivity contribution is 0.0596. The standard InChI is InChI=1S/C22H26N4O/c1-16-7-5-9-19-20(15-17(2)24-21(16)19)22(27)26-13-4-3-8-18(26)10-14-25-12-6-11-23-25/h5-7,9,11-12,15,18H,3-4,8,10,13-14H2,1-2H3/t18-/m1/s1. The fourth-order valence-electron chi connectivity index (χ4n) is 4.13. The molecule has 0 radical (unpaired) electrons. The molecule has 0 aliphatic carbocycles. The van der Waals surface area contributed by atoms with Gasteiger partial charge in [-0.3, -0.25) is 14.5 Å². The van der Waals surface area contributed by atoms with Crippen LogP contribution < -0.4 is 0 Å². The third kappa shape index (κ3) is 3.59. The quantitative estimate of drug-likeness (QED) is 0.701. The number of likely N-dealkylation sites (tertiary alicyclic amines) is 1. The average molecular weight is 362 g/mol. The first-order valence-electron chi connectivity index (χ1n) is 9.79. The third-order valence-corrected chi connectivity index (χ3v) is 5.54. The third-order valence-electron chi connectivity index (χ3n) is 5.54. The van der Waals surface area contributed by atoms with Crippen molar-refractivity contribution in [2.75, 3.05) is 6.54 Å². The fourth-order valence-corrected chi connectivity index (χ4v) is 4.13. The van der Waals surface area contributed by atoms with Crippen molar-refractivity contribution in [1.82, 2.24) is 19.7 Å². The van der Waals surface area contributed by atoms with Crippen molar-refractivity contribution >= 4 is 16.8 Å². The summed E-state index contributed by atoms with van der Waals surface area (Å²) in [6.45, 7) is 5.69. The van der Waals surface area contributed by atoms with Gasteiger partial charge in [-0.2, -0.15) is 5.10 Å². The molecule has 1 atom stereocenters. The minimum absolute atomic E-state index is 0.140. The van der Waals surface area contributed by atoms with Gasteiger partial charge in [0.2, 0.25) is 0 Å². The number of carbonyl (C=O) groups is 1. The smallest absolute Gasteiger partial charge is 0.254 e. The van der Waals surface area contributed by atoms with Gasteiger partial charge in [-0.1, -0.05) is 18.2 Å². The van der Waals surface area contributed by atoms with E-state index in [1.807, 2.05) is 42.1 Å². The van der Waals surface area contributed by atoms with E-state index in [0.717, 1.165) is 60.1 Å². The van der Waals surface area contributed by atoms with Gasteiger partial charge in [0.05, 0.1) is 11.1 Å². The van der Waals surface area contributed by atoms with E-state index in [2.05, 4.69) is 28.0 Å². The van der Waals surface area contributed by atoms with Gasteiger partial charge in [0, 0.05) is 42.6 Å². The molecule has 1 amide bonds. The molecule has 1 aromatic carbocycles. The highest BCUT2D eigenvalue weighted by Crippen LogP contribution is 2.27. The lowest BCUT2D eigenvalue weighted by atomic mass is 9.96. The van der Waals surface area contributed by atoms with Gasteiger partial charge in [-0.15, -0.1) is 0 Å². The Bertz CT molecular complexity index is 948. The second-order valence-corrected chi connectivity index (χ2v) is 7.49. The summed E-state index contributed by atoms with van der Waals surface area (Å²) in [4.78, 5) is 20.3. The van der Waals surface area contributed by atoms with Crippen LogP contribution >= 0.6 is 0 Å². The Hall–Kier alpha value is -2.69. The number of carbonyl (C=O) groups excluding carboxylic acids is 1. The summed E-state index contributed by atoms with van der Waals surface area (Å²) in [5.74, 6) is 0.140. The first-order chi connectivity index (χ1) is 13.1. The number of amides is 1. The van der Waals surface area contributed by atoms with Gasteiger partial charge in [0.15, 0.2) is 0 Å². The number of piperidine rings is 1. The number of hydrogen-bond donors (Lipinski definition) is 0. The van der Waals surface area contributed by atoms with Gasteiger partial charge in [-0.05, 0) is 57.2 Å². The lowest BCUT2D eigenvalue weighted by Gasteiger charge is -2.36. The topological polar surface area (TPSA) is 51.0 Å². The molecule has 0 unspecified atom stereocenters. The van der Waals surface area contributed by atoms with Gasteiger partial charge in [-0.25, -0.2) is 0 Å². The summed E-state index contributed by atoms with van der Waals surface area (Å²) >= 11 is 0. The zero-order valence-corrected chi connectivity index (χ0v) is 16.1. The Morgan fingerprint density at radius 3 is 2.93 bits per heavy atom. The van der Waals surface area contributed by atoms with Crippen LogP contribution in [0.3, 0.4) is 0 Å². The molecular formula is C22H26N4O. The maximum atomic E-state index is 13.5. The maximum absolute atomic E-state index is 13.5. The largest absolute Gasteiger partial charge is 0.336 e. The number of fused-ring (bicyclic) bond motifs is 1. The Morgan fingerprint density at radius 2 is 2.11 bits per heavy atom. The SMILES string of the molecule is Cc1cc(C(=O)N2CCCC[C@@H]2CCn2cccn2)c2cccc(C)c2n1. The first kappa shape index (κ1) is 17.7. The van der Waals surface area contributed by atoms with Gasteiger partial charge in [0.1, 0.15) is 0 Å². The summed E-state index contributed by atoms with van der Waals surface area (Å²) < 4.78 is 1.95. The van der Waals surface area contributed by atoms with E-state index in [4.69, 9.17) is 0 Å². The molecule has 1 saturated heterocycles. The monoisotopic (exact) mass is 362 g/mol. The van der Waals surface area contributed by atoms with Crippen molar-refractivity contribution in [2.24, 2.45) is 0 Å². The highest BCUT2D eigenvalue weighted by Gasteiger charge is 2.28. The predicted molar refractivity (Wildman–Crippen MR) is 107 cm³/mol. The van der Waals surface area contributed by atoms with E-state index < -0.39 is 0 Å². The molecule has 3 heterocycles. The van der Waals surface area contributed by atoms with E-state index in [9.17, 15) is 4.79 Å². The second-order valence-electron chi connectivity index (χ2n) is 7.49. The Balaban J connectivity index is 1.64. The minimum Gasteiger partial charge on any atom is -0.336 e. The lowest BCUT2D eigenvalue weighted by Crippen LogP contribution is -2.44. The first-order valence-corrected chi connectivity index (χ1v) is 9.79. The molecule has 27 heavy (non-hydrogen) atoms. The van der Waals surface area contributed by atoms with Crippen LogP contribution in [0.1, 0.15) is 47.3 Å². The van der Waals surface area contributed by atoms with Crippen molar-refractivity contribution in [1.29, 1.82) is 0 Å². The van der Waals surface area contributed by atoms with Crippen molar-refractivity contribution in [3.05, 3.63) is 59.5 Å².